The Morgan fingerprint density at radius 2 is 2.22 bits per heavy atom. The third-order valence-electron chi connectivity index (χ3n) is 4.69. The Kier molecular flexibility index (Phi) is 4.42. The predicted molar refractivity (Wildman–Crippen MR) is 87.3 cm³/mol. The number of likely N-dealkylation sites (tertiary alicyclic amines) is 1. The molecule has 0 bridgehead atoms. The number of hydrogen-bond donors (Lipinski definition) is 0. The van der Waals surface area contributed by atoms with Gasteiger partial charge in [0.05, 0.1) is 12.5 Å². The molecule has 120 valence electrons. The summed E-state index contributed by atoms with van der Waals surface area (Å²) in [4.78, 5) is 18.8. The fourth-order valence-electron chi connectivity index (χ4n) is 3.39. The molecule has 23 heavy (non-hydrogen) atoms. The van der Waals surface area contributed by atoms with Crippen molar-refractivity contribution in [3.8, 4) is 0 Å². The van der Waals surface area contributed by atoms with Gasteiger partial charge in [-0.15, -0.1) is 0 Å². The number of carbonyl (C=O) groups is 1. The maximum atomic E-state index is 13.6. The van der Waals surface area contributed by atoms with Crippen LogP contribution in [0.4, 0.5) is 4.39 Å². The molecule has 3 nitrogen and oxygen atoms in total. The Hall–Kier alpha value is -2.23. The first-order valence-electron chi connectivity index (χ1n) is 8.00. The number of hydrogen-bond acceptors (Lipinski definition) is 2. The zero-order valence-electron chi connectivity index (χ0n) is 13.5. The lowest BCUT2D eigenvalue weighted by Crippen LogP contribution is -2.33. The van der Waals surface area contributed by atoms with Crippen LogP contribution in [0.5, 0.6) is 0 Å². The Bertz CT molecular complexity index is 716. The number of aromatic nitrogens is 1. The molecular formula is C19H21FN2O. The van der Waals surface area contributed by atoms with E-state index in [1.165, 1.54) is 6.07 Å². The number of benzene rings is 1. The van der Waals surface area contributed by atoms with Crippen molar-refractivity contribution in [2.24, 2.45) is 5.92 Å². The van der Waals surface area contributed by atoms with Crippen LogP contribution in [-0.4, -0.2) is 22.3 Å². The van der Waals surface area contributed by atoms with Crippen molar-refractivity contribution in [2.75, 3.05) is 6.54 Å². The molecule has 3 rings (SSSR count). The molecule has 1 aliphatic rings. The summed E-state index contributed by atoms with van der Waals surface area (Å²) in [5, 5.41) is 0. The van der Waals surface area contributed by atoms with Crippen LogP contribution >= 0.6 is 0 Å². The molecule has 2 atom stereocenters. The molecule has 0 aliphatic carbocycles. The standard InChI is InChI=1S/C19H21FN2O/c1-13-7-9-22(19(13)16-4-3-5-17(20)10-16)18(23)11-15-6-8-21-12-14(15)2/h3-6,8,10,12-13,19H,7,9,11H2,1-2H3/t13-,19-/m0/s1. The number of nitrogens with zero attached hydrogens (tertiary/aromatic N) is 2. The first-order chi connectivity index (χ1) is 11.1. The van der Waals surface area contributed by atoms with E-state index >= 15 is 0 Å². The first kappa shape index (κ1) is 15.7. The van der Waals surface area contributed by atoms with E-state index in [0.717, 1.165) is 29.7 Å². The highest BCUT2D eigenvalue weighted by atomic mass is 19.1. The molecule has 0 saturated carbocycles. The average Bonchev–Trinajstić information content (AvgIpc) is 2.91. The van der Waals surface area contributed by atoms with Crippen LogP contribution in [0.2, 0.25) is 0 Å². The van der Waals surface area contributed by atoms with E-state index in [2.05, 4.69) is 11.9 Å². The lowest BCUT2D eigenvalue weighted by Gasteiger charge is -2.28. The van der Waals surface area contributed by atoms with Crippen LogP contribution in [0.3, 0.4) is 0 Å². The van der Waals surface area contributed by atoms with Gasteiger partial charge in [-0.3, -0.25) is 9.78 Å². The van der Waals surface area contributed by atoms with Gasteiger partial charge in [-0.1, -0.05) is 19.1 Å². The Morgan fingerprint density at radius 3 is 2.96 bits per heavy atom. The molecular weight excluding hydrogens is 291 g/mol. The van der Waals surface area contributed by atoms with Crippen LogP contribution in [0.15, 0.2) is 42.7 Å². The largest absolute Gasteiger partial charge is 0.335 e. The van der Waals surface area contributed by atoms with Crippen molar-refractivity contribution in [3.05, 3.63) is 65.2 Å². The van der Waals surface area contributed by atoms with Crippen molar-refractivity contribution in [2.45, 2.75) is 32.7 Å². The fourth-order valence-corrected chi connectivity index (χ4v) is 3.39. The molecule has 1 fully saturated rings. The van der Waals surface area contributed by atoms with Gasteiger partial charge in [0.2, 0.25) is 5.91 Å². The average molecular weight is 312 g/mol. The smallest absolute Gasteiger partial charge is 0.227 e. The summed E-state index contributed by atoms with van der Waals surface area (Å²) in [5.41, 5.74) is 2.91. The van der Waals surface area contributed by atoms with Gasteiger partial charge in [-0.2, -0.15) is 0 Å². The topological polar surface area (TPSA) is 33.2 Å². The van der Waals surface area contributed by atoms with Crippen molar-refractivity contribution < 1.29 is 9.18 Å². The molecule has 4 heteroatoms. The van der Waals surface area contributed by atoms with E-state index < -0.39 is 0 Å². The molecule has 1 saturated heterocycles. The lowest BCUT2D eigenvalue weighted by molar-refractivity contribution is -0.131. The normalized spacial score (nSPS) is 20.7. The number of carbonyl (C=O) groups excluding carboxylic acids is 1. The van der Waals surface area contributed by atoms with Crippen LogP contribution < -0.4 is 0 Å². The molecule has 1 aliphatic heterocycles. The molecule has 0 radical (unpaired) electrons. The zero-order valence-corrected chi connectivity index (χ0v) is 13.5. The molecule has 0 spiro atoms. The van der Waals surface area contributed by atoms with Gasteiger partial charge in [0.25, 0.3) is 0 Å². The van der Waals surface area contributed by atoms with E-state index in [0.29, 0.717) is 12.3 Å². The van der Waals surface area contributed by atoms with Gasteiger partial charge in [0.1, 0.15) is 5.82 Å². The van der Waals surface area contributed by atoms with Crippen LogP contribution in [0.1, 0.15) is 36.1 Å². The van der Waals surface area contributed by atoms with Crippen LogP contribution in [-0.2, 0) is 11.2 Å². The lowest BCUT2D eigenvalue weighted by atomic mass is 9.95. The highest BCUT2D eigenvalue weighted by Gasteiger charge is 2.35. The van der Waals surface area contributed by atoms with Crippen LogP contribution in [0, 0.1) is 18.7 Å². The fraction of sp³-hybridized carbons (Fsp3) is 0.368. The van der Waals surface area contributed by atoms with Gasteiger partial charge in [0, 0.05) is 18.9 Å². The minimum absolute atomic E-state index is 0.0413. The van der Waals surface area contributed by atoms with Gasteiger partial charge in [0.15, 0.2) is 0 Å². The SMILES string of the molecule is Cc1cnccc1CC(=O)N1CC[C@H](C)[C@H]1c1cccc(F)c1. The number of halogens is 1. The summed E-state index contributed by atoms with van der Waals surface area (Å²) in [6.07, 6.45) is 4.81. The molecule has 0 N–H and O–H groups in total. The minimum atomic E-state index is -0.251. The molecule has 0 unspecified atom stereocenters. The summed E-state index contributed by atoms with van der Waals surface area (Å²) in [5.74, 6) is 0.177. The van der Waals surface area contributed by atoms with Gasteiger partial charge in [-0.05, 0) is 54.2 Å². The minimum Gasteiger partial charge on any atom is -0.335 e. The third kappa shape index (κ3) is 3.26. The molecule has 2 aromatic rings. The van der Waals surface area contributed by atoms with Crippen molar-refractivity contribution in [3.63, 3.8) is 0 Å². The number of aryl methyl sites for hydroxylation is 1. The molecule has 2 heterocycles. The summed E-state index contributed by atoms with van der Waals surface area (Å²) >= 11 is 0. The Labute approximate surface area is 136 Å². The maximum absolute atomic E-state index is 13.6. The van der Waals surface area contributed by atoms with Crippen molar-refractivity contribution in [1.29, 1.82) is 0 Å². The molecule has 1 aromatic carbocycles. The number of amides is 1. The van der Waals surface area contributed by atoms with E-state index in [-0.39, 0.29) is 17.8 Å². The summed E-state index contributed by atoms with van der Waals surface area (Å²) in [6, 6.07) is 8.46. The van der Waals surface area contributed by atoms with Crippen molar-refractivity contribution in [1.82, 2.24) is 9.88 Å². The monoisotopic (exact) mass is 312 g/mol. The van der Waals surface area contributed by atoms with Gasteiger partial charge in [-0.25, -0.2) is 4.39 Å². The van der Waals surface area contributed by atoms with Gasteiger partial charge >= 0.3 is 0 Å². The number of rotatable bonds is 3. The summed E-state index contributed by atoms with van der Waals surface area (Å²) in [6.45, 7) is 4.82. The Morgan fingerprint density at radius 1 is 1.39 bits per heavy atom. The highest BCUT2D eigenvalue weighted by molar-refractivity contribution is 5.80. The van der Waals surface area contributed by atoms with Gasteiger partial charge < -0.3 is 4.90 Å². The molecule has 1 aromatic heterocycles. The zero-order chi connectivity index (χ0) is 16.4. The second-order valence-electron chi connectivity index (χ2n) is 6.33. The quantitative estimate of drug-likeness (QED) is 0.866. The van der Waals surface area contributed by atoms with E-state index in [1.54, 1.807) is 24.5 Å². The molecule has 1 amide bonds. The number of pyridine rings is 1. The maximum Gasteiger partial charge on any atom is 0.227 e. The second kappa shape index (κ2) is 6.49. The highest BCUT2D eigenvalue weighted by Crippen LogP contribution is 2.37. The predicted octanol–water partition coefficient (Wildman–Crippen LogP) is 3.68. The summed E-state index contributed by atoms with van der Waals surface area (Å²) in [7, 11) is 0. The Balaban J connectivity index is 1.83. The summed E-state index contributed by atoms with van der Waals surface area (Å²) < 4.78 is 13.6. The first-order valence-corrected chi connectivity index (χ1v) is 8.00. The van der Waals surface area contributed by atoms with E-state index in [1.807, 2.05) is 24.0 Å². The van der Waals surface area contributed by atoms with Crippen LogP contribution in [0.25, 0.3) is 0 Å². The van der Waals surface area contributed by atoms with E-state index in [9.17, 15) is 9.18 Å². The second-order valence-corrected chi connectivity index (χ2v) is 6.33. The van der Waals surface area contributed by atoms with E-state index in [4.69, 9.17) is 0 Å². The van der Waals surface area contributed by atoms with Crippen molar-refractivity contribution >= 4 is 5.91 Å². The third-order valence-corrected chi connectivity index (χ3v) is 4.69.